The number of allylic oxidation sites excluding steroid dienone is 15. The van der Waals surface area contributed by atoms with Crippen molar-refractivity contribution in [3.63, 3.8) is 0 Å². The van der Waals surface area contributed by atoms with E-state index in [4.69, 9.17) is 0 Å². The summed E-state index contributed by atoms with van der Waals surface area (Å²) in [6.45, 7) is 17.0. The zero-order valence-electron chi connectivity index (χ0n) is 20.0. The first-order valence-corrected chi connectivity index (χ1v) is 11.6. The lowest BCUT2D eigenvalue weighted by Gasteiger charge is -2.33. The van der Waals surface area contributed by atoms with Crippen LogP contribution in [0, 0.1) is 5.92 Å². The van der Waals surface area contributed by atoms with E-state index in [2.05, 4.69) is 121 Å². The fourth-order valence-corrected chi connectivity index (χ4v) is 4.86. The molecule has 0 saturated carbocycles. The Hall–Kier alpha value is -3.06. The molecule has 1 radical (unpaired) electrons. The number of hydrogen-bond donors (Lipinski definition) is 0. The molecule has 32 heavy (non-hydrogen) atoms. The molecule has 1 unspecified atom stereocenters. The molecule has 2 aliphatic carbocycles. The second-order valence-electron chi connectivity index (χ2n) is 8.12. The highest BCUT2D eigenvalue weighted by molar-refractivity contribution is 6.59. The predicted octanol–water partition coefficient (Wildman–Crippen LogP) is 8.65. The van der Waals surface area contributed by atoms with Gasteiger partial charge in [0.05, 0.1) is 0 Å². The minimum absolute atomic E-state index is 0.364. The van der Waals surface area contributed by atoms with E-state index in [0.29, 0.717) is 5.92 Å². The number of rotatable bonds is 6. The highest BCUT2D eigenvalue weighted by atomic mass is 14.3. The molecular formula is C31H34B. The molecular weight excluding hydrogens is 383 g/mol. The quantitative estimate of drug-likeness (QED) is 0.406. The van der Waals surface area contributed by atoms with Crippen molar-refractivity contribution < 1.29 is 0 Å². The van der Waals surface area contributed by atoms with E-state index in [1.165, 1.54) is 44.6 Å². The van der Waals surface area contributed by atoms with Crippen LogP contribution < -0.4 is 0 Å². The van der Waals surface area contributed by atoms with Crippen molar-refractivity contribution in [2.75, 3.05) is 0 Å². The Balaban J connectivity index is 2.40. The fraction of sp³-hybridized carbons (Fsp3) is 0.226. The molecule has 0 heterocycles. The van der Waals surface area contributed by atoms with Crippen LogP contribution in [0.4, 0.5) is 0 Å². The summed E-state index contributed by atoms with van der Waals surface area (Å²) in [4.78, 5) is 0. The van der Waals surface area contributed by atoms with Gasteiger partial charge in [0.1, 0.15) is 7.28 Å². The van der Waals surface area contributed by atoms with Gasteiger partial charge in [-0.3, -0.25) is 0 Å². The Labute approximate surface area is 195 Å². The number of benzene rings is 1. The molecule has 0 spiro atoms. The molecule has 3 rings (SSSR count). The maximum absolute atomic E-state index is 4.34. The van der Waals surface area contributed by atoms with Crippen LogP contribution in [0.25, 0.3) is 11.0 Å². The van der Waals surface area contributed by atoms with E-state index < -0.39 is 0 Å². The lowest BCUT2D eigenvalue weighted by molar-refractivity contribution is 0.692. The molecule has 0 aliphatic heterocycles. The van der Waals surface area contributed by atoms with E-state index in [9.17, 15) is 0 Å². The lowest BCUT2D eigenvalue weighted by Crippen LogP contribution is -2.17. The highest BCUT2D eigenvalue weighted by Gasteiger charge is 2.30. The highest BCUT2D eigenvalue weighted by Crippen LogP contribution is 2.47. The first kappa shape index (κ1) is 23.6. The summed E-state index contributed by atoms with van der Waals surface area (Å²) in [7, 11) is 2.10. The summed E-state index contributed by atoms with van der Waals surface area (Å²) in [5.41, 5.74) is 11.5. The molecule has 0 N–H and O–H groups in total. The fourth-order valence-electron chi connectivity index (χ4n) is 4.86. The molecule has 1 atom stereocenters. The summed E-state index contributed by atoms with van der Waals surface area (Å²) in [6.07, 6.45) is 21.7. The molecule has 0 amide bonds. The summed E-state index contributed by atoms with van der Waals surface area (Å²) < 4.78 is 0. The van der Waals surface area contributed by atoms with Crippen molar-refractivity contribution >= 4 is 18.3 Å². The summed E-state index contributed by atoms with van der Waals surface area (Å²) in [5, 5.41) is 0. The summed E-state index contributed by atoms with van der Waals surface area (Å²) >= 11 is 0. The van der Waals surface area contributed by atoms with Crippen molar-refractivity contribution in [2.45, 2.75) is 40.4 Å². The molecule has 1 heteroatoms. The molecule has 0 saturated heterocycles. The molecule has 0 bridgehead atoms. The molecule has 1 aromatic carbocycles. The van der Waals surface area contributed by atoms with Gasteiger partial charge in [0.15, 0.2) is 0 Å². The van der Waals surface area contributed by atoms with Crippen LogP contribution in [-0.4, -0.2) is 7.28 Å². The van der Waals surface area contributed by atoms with Gasteiger partial charge in [-0.15, -0.1) is 6.58 Å². The van der Waals surface area contributed by atoms with Crippen LogP contribution in [0.15, 0.2) is 120 Å². The van der Waals surface area contributed by atoms with Gasteiger partial charge in [-0.25, -0.2) is 0 Å². The van der Waals surface area contributed by atoms with E-state index in [-0.39, 0.29) is 0 Å². The maximum Gasteiger partial charge on any atom is 0.148 e. The van der Waals surface area contributed by atoms with Crippen molar-refractivity contribution in [3.05, 3.63) is 131 Å². The first-order chi connectivity index (χ1) is 15.6. The van der Waals surface area contributed by atoms with Crippen LogP contribution in [0.1, 0.15) is 44.7 Å². The van der Waals surface area contributed by atoms with Crippen LogP contribution in [0.2, 0.25) is 6.82 Å². The van der Waals surface area contributed by atoms with Gasteiger partial charge < -0.3 is 0 Å². The molecule has 1 aromatic rings. The van der Waals surface area contributed by atoms with E-state index in [1.54, 1.807) is 0 Å². The Kier molecular flexibility index (Phi) is 8.11. The van der Waals surface area contributed by atoms with Gasteiger partial charge in [-0.2, -0.15) is 0 Å². The minimum Gasteiger partial charge on any atom is -0.105 e. The maximum atomic E-state index is 4.34. The standard InChI is InChI=1S/C31H34B/c1-7-16-24-21-30(27(10-4)26(9-3)25(24)8-2)31(23-17-12-11-13-18-23)29-20-15-14-19-28(29)22(5)32-6/h7-8,10-17,19-21,26H,1,5,9,18H2,2-4,6H3/b24-16-,25-8+,27-10+,31-23+. The lowest BCUT2D eigenvalue weighted by atomic mass is 9.66. The largest absolute Gasteiger partial charge is 0.148 e. The second kappa shape index (κ2) is 11.0. The molecule has 161 valence electrons. The van der Waals surface area contributed by atoms with Gasteiger partial charge in [0, 0.05) is 5.92 Å². The van der Waals surface area contributed by atoms with Gasteiger partial charge in [0.25, 0.3) is 0 Å². The smallest absolute Gasteiger partial charge is 0.105 e. The van der Waals surface area contributed by atoms with Crippen LogP contribution >= 0.6 is 0 Å². The van der Waals surface area contributed by atoms with Gasteiger partial charge in [-0.05, 0) is 77.3 Å². The normalized spacial score (nSPS) is 23.4. The third-order valence-electron chi connectivity index (χ3n) is 6.39. The SMILES string of the molecule is C=C/C=C1C=C(/C(=C2\C=CC=CC2)c2ccccc2C(=C)[B]C)/C(=C/C)C(CC)C/1=C/C. The molecule has 0 aromatic heterocycles. The Morgan fingerprint density at radius 1 is 1.09 bits per heavy atom. The Morgan fingerprint density at radius 3 is 2.38 bits per heavy atom. The Morgan fingerprint density at radius 2 is 1.81 bits per heavy atom. The third-order valence-corrected chi connectivity index (χ3v) is 6.39. The van der Waals surface area contributed by atoms with E-state index >= 15 is 0 Å². The van der Waals surface area contributed by atoms with Gasteiger partial charge in [0.2, 0.25) is 0 Å². The number of hydrogen-bond acceptors (Lipinski definition) is 0. The first-order valence-electron chi connectivity index (χ1n) is 11.6. The summed E-state index contributed by atoms with van der Waals surface area (Å²) in [6, 6.07) is 8.68. The topological polar surface area (TPSA) is 0 Å². The molecule has 0 nitrogen and oxygen atoms in total. The van der Waals surface area contributed by atoms with Gasteiger partial charge in [-0.1, -0.05) is 98.7 Å². The summed E-state index contributed by atoms with van der Waals surface area (Å²) in [5.74, 6) is 0.364. The van der Waals surface area contributed by atoms with Crippen LogP contribution in [-0.2, 0) is 0 Å². The van der Waals surface area contributed by atoms with Crippen molar-refractivity contribution in [3.8, 4) is 0 Å². The monoisotopic (exact) mass is 417 g/mol. The Bertz CT molecular complexity index is 1110. The van der Waals surface area contributed by atoms with E-state index in [1.807, 2.05) is 6.08 Å². The van der Waals surface area contributed by atoms with Crippen molar-refractivity contribution in [1.29, 1.82) is 0 Å². The van der Waals surface area contributed by atoms with Crippen LogP contribution in [0.3, 0.4) is 0 Å². The predicted molar refractivity (Wildman–Crippen MR) is 145 cm³/mol. The minimum atomic E-state index is 0.364. The van der Waals surface area contributed by atoms with Crippen molar-refractivity contribution in [2.24, 2.45) is 5.92 Å². The zero-order chi connectivity index (χ0) is 23.1. The van der Waals surface area contributed by atoms with Gasteiger partial charge >= 0.3 is 0 Å². The zero-order valence-corrected chi connectivity index (χ0v) is 20.0. The van der Waals surface area contributed by atoms with Crippen molar-refractivity contribution in [1.82, 2.24) is 0 Å². The second-order valence-corrected chi connectivity index (χ2v) is 8.12. The average molecular weight is 417 g/mol. The molecule has 2 aliphatic rings. The molecule has 0 fully saturated rings. The van der Waals surface area contributed by atoms with Crippen LogP contribution in [0.5, 0.6) is 0 Å². The average Bonchev–Trinajstić information content (AvgIpc) is 2.84. The third kappa shape index (κ3) is 4.58. The van der Waals surface area contributed by atoms with E-state index in [0.717, 1.165) is 18.3 Å².